The Hall–Kier alpha value is -2.99. The maximum Gasteiger partial charge on any atom is 0.275 e. The number of hydrogen-bond acceptors (Lipinski definition) is 4. The monoisotopic (exact) mass is 367 g/mol. The van der Waals surface area contributed by atoms with Gasteiger partial charge in [0.25, 0.3) is 11.6 Å². The van der Waals surface area contributed by atoms with Crippen LogP contribution in [-0.2, 0) is 10.5 Å². The third-order valence-corrected chi connectivity index (χ3v) is 5.38. The number of carbonyl (C=O) groups is 2. The molecule has 1 amide bonds. The van der Waals surface area contributed by atoms with Crippen molar-refractivity contribution in [2.75, 3.05) is 5.32 Å². The molecule has 1 unspecified atom stereocenters. The minimum Gasteiger partial charge on any atom is -0.507 e. The van der Waals surface area contributed by atoms with E-state index in [0.29, 0.717) is 16.1 Å². The number of phenolic OH excluding ortho intramolecular Hbond substituents is 1. The average molecular weight is 367 g/mol. The second-order valence-electron chi connectivity index (χ2n) is 6.18. The van der Waals surface area contributed by atoms with Gasteiger partial charge in [-0.05, 0) is 18.6 Å². The Morgan fingerprint density at radius 2 is 1.81 bits per heavy atom. The normalized spacial score (nSPS) is 19.2. The van der Waals surface area contributed by atoms with E-state index >= 15 is 4.39 Å². The summed E-state index contributed by atoms with van der Waals surface area (Å²) in [5.41, 5.74) is -1.04. The average Bonchev–Trinajstić information content (AvgIpc) is 3.04. The number of carbonyl (C=O) groups excluding carboxylic acids is 2. The summed E-state index contributed by atoms with van der Waals surface area (Å²) in [4.78, 5) is 25.5. The third-order valence-electron chi connectivity index (χ3n) is 4.49. The fourth-order valence-electron chi connectivity index (χ4n) is 3.14. The summed E-state index contributed by atoms with van der Waals surface area (Å²) >= 11 is 1.13. The van der Waals surface area contributed by atoms with Crippen molar-refractivity contribution in [3.8, 4) is 16.9 Å². The minimum atomic E-state index is -2.80. The Kier molecular flexibility index (Phi) is 3.66. The Balaban J connectivity index is 1.91. The lowest BCUT2D eigenvalue weighted by Gasteiger charge is -2.28. The van der Waals surface area contributed by atoms with Crippen molar-refractivity contribution in [2.45, 2.75) is 12.6 Å². The van der Waals surface area contributed by atoms with Crippen LogP contribution < -0.4 is 5.32 Å². The summed E-state index contributed by atoms with van der Waals surface area (Å²) in [6, 6.07) is 12.7. The standard InChI is InChI=1S/C20H14FNO3S/c1-11-7-8-13(15(23)9-11)14-10-26-18-16(14)17(24)20(21,19(25)22-18)12-5-3-2-4-6-12/h2-10,23H,1H3,(H,22,25). The highest BCUT2D eigenvalue weighted by Crippen LogP contribution is 2.46. The Morgan fingerprint density at radius 3 is 2.50 bits per heavy atom. The van der Waals surface area contributed by atoms with Gasteiger partial charge in [0.05, 0.1) is 5.56 Å². The third kappa shape index (κ3) is 2.26. The number of phenols is 1. The molecule has 3 aromatic rings. The van der Waals surface area contributed by atoms with Crippen LogP contribution in [0, 0.1) is 6.92 Å². The first-order chi connectivity index (χ1) is 12.4. The molecule has 1 aromatic heterocycles. The van der Waals surface area contributed by atoms with E-state index in [0.717, 1.165) is 16.9 Å². The van der Waals surface area contributed by atoms with Gasteiger partial charge in [-0.25, -0.2) is 4.39 Å². The van der Waals surface area contributed by atoms with Crippen LogP contribution in [0.3, 0.4) is 0 Å². The second kappa shape index (κ2) is 5.78. The zero-order valence-corrected chi connectivity index (χ0v) is 14.6. The lowest BCUT2D eigenvalue weighted by molar-refractivity contribution is -0.125. The van der Waals surface area contributed by atoms with Crippen molar-refractivity contribution in [2.24, 2.45) is 0 Å². The molecule has 0 bridgehead atoms. The molecule has 0 saturated heterocycles. The van der Waals surface area contributed by atoms with E-state index in [1.807, 2.05) is 6.92 Å². The molecule has 1 atom stereocenters. The van der Waals surface area contributed by atoms with E-state index in [9.17, 15) is 14.7 Å². The van der Waals surface area contributed by atoms with Crippen molar-refractivity contribution in [3.05, 3.63) is 70.6 Å². The number of thiophene rings is 1. The molecule has 0 fully saturated rings. The predicted molar refractivity (Wildman–Crippen MR) is 98.3 cm³/mol. The number of rotatable bonds is 2. The molecule has 0 saturated carbocycles. The first kappa shape index (κ1) is 16.5. The van der Waals surface area contributed by atoms with Gasteiger partial charge >= 0.3 is 0 Å². The number of ketones is 1. The summed E-state index contributed by atoms with van der Waals surface area (Å²) in [6.45, 7) is 1.83. The van der Waals surface area contributed by atoms with E-state index in [1.54, 1.807) is 41.8 Å². The van der Waals surface area contributed by atoms with Crippen molar-refractivity contribution >= 4 is 28.0 Å². The number of hydrogen-bond donors (Lipinski definition) is 2. The largest absolute Gasteiger partial charge is 0.507 e. The molecular weight excluding hydrogens is 353 g/mol. The van der Waals surface area contributed by atoms with Gasteiger partial charge in [0.2, 0.25) is 5.78 Å². The fourth-order valence-corrected chi connectivity index (χ4v) is 4.09. The summed E-state index contributed by atoms with van der Waals surface area (Å²) in [5.74, 6) is -1.92. The molecule has 130 valence electrons. The van der Waals surface area contributed by atoms with Crippen LogP contribution in [0.5, 0.6) is 5.75 Å². The Bertz CT molecular complexity index is 1040. The van der Waals surface area contributed by atoms with Crippen molar-refractivity contribution in [1.82, 2.24) is 0 Å². The summed E-state index contributed by atoms with van der Waals surface area (Å²) in [5, 5.41) is 14.7. The SMILES string of the molecule is Cc1ccc(-c2csc3c2C(=O)C(F)(c2ccccc2)C(=O)N3)c(O)c1. The molecule has 4 nitrogen and oxygen atoms in total. The highest BCUT2D eigenvalue weighted by molar-refractivity contribution is 7.15. The van der Waals surface area contributed by atoms with Crippen LogP contribution in [0.15, 0.2) is 53.9 Å². The second-order valence-corrected chi connectivity index (χ2v) is 7.06. The molecule has 26 heavy (non-hydrogen) atoms. The van der Waals surface area contributed by atoms with Gasteiger partial charge in [0.1, 0.15) is 10.8 Å². The highest BCUT2D eigenvalue weighted by atomic mass is 32.1. The fraction of sp³-hybridized carbons (Fsp3) is 0.100. The predicted octanol–water partition coefficient (Wildman–Crippen LogP) is 4.43. The molecule has 2 aromatic carbocycles. The molecule has 6 heteroatoms. The topological polar surface area (TPSA) is 66.4 Å². The molecule has 0 spiro atoms. The van der Waals surface area contributed by atoms with E-state index in [1.165, 1.54) is 12.1 Å². The number of nitrogens with one attached hydrogen (secondary N) is 1. The van der Waals surface area contributed by atoms with Gasteiger partial charge in [0.15, 0.2) is 0 Å². The van der Waals surface area contributed by atoms with E-state index in [2.05, 4.69) is 5.32 Å². The van der Waals surface area contributed by atoms with Crippen molar-refractivity contribution in [3.63, 3.8) is 0 Å². The molecule has 1 aliphatic heterocycles. The number of aryl methyl sites for hydroxylation is 1. The van der Waals surface area contributed by atoms with Crippen molar-refractivity contribution < 1.29 is 19.1 Å². The first-order valence-electron chi connectivity index (χ1n) is 7.95. The number of aromatic hydroxyl groups is 1. The van der Waals surface area contributed by atoms with Gasteiger partial charge in [-0.3, -0.25) is 9.59 Å². The highest BCUT2D eigenvalue weighted by Gasteiger charge is 2.53. The molecule has 2 N–H and O–H groups in total. The zero-order chi connectivity index (χ0) is 18.5. The van der Waals surface area contributed by atoms with Crippen molar-refractivity contribution in [1.29, 1.82) is 0 Å². The molecule has 0 radical (unpaired) electrons. The smallest absolute Gasteiger partial charge is 0.275 e. The minimum absolute atomic E-state index is 0.000491. The van der Waals surface area contributed by atoms with Gasteiger partial charge < -0.3 is 10.4 Å². The Morgan fingerprint density at radius 1 is 1.08 bits per heavy atom. The van der Waals surface area contributed by atoms with Gasteiger partial charge in [0, 0.05) is 22.1 Å². The van der Waals surface area contributed by atoms with Crippen LogP contribution in [-0.4, -0.2) is 16.8 Å². The number of alkyl halides is 1. The summed E-state index contributed by atoms with van der Waals surface area (Å²) in [6.07, 6.45) is 0. The lowest BCUT2D eigenvalue weighted by atomic mass is 9.83. The number of benzene rings is 2. The number of halogens is 1. The van der Waals surface area contributed by atoms with Gasteiger partial charge in [-0.2, -0.15) is 0 Å². The van der Waals surface area contributed by atoms with E-state index < -0.39 is 17.4 Å². The number of fused-ring (bicyclic) bond motifs is 1. The summed E-state index contributed by atoms with van der Waals surface area (Å²) in [7, 11) is 0. The van der Waals surface area contributed by atoms with E-state index in [-0.39, 0.29) is 16.9 Å². The van der Waals surface area contributed by atoms with Crippen LogP contribution in [0.4, 0.5) is 9.39 Å². The summed E-state index contributed by atoms with van der Waals surface area (Å²) < 4.78 is 15.7. The maximum absolute atomic E-state index is 15.7. The van der Waals surface area contributed by atoms with Crippen LogP contribution in [0.2, 0.25) is 0 Å². The molecule has 2 heterocycles. The van der Waals surface area contributed by atoms with Gasteiger partial charge in [-0.15, -0.1) is 11.3 Å². The number of amides is 1. The molecular formula is C20H14FNO3S. The quantitative estimate of drug-likeness (QED) is 0.659. The lowest BCUT2D eigenvalue weighted by Crippen LogP contribution is -2.47. The Labute approximate surface area is 152 Å². The molecule has 1 aliphatic rings. The number of Topliss-reactive ketones (excluding diaryl/α,β-unsaturated/α-hetero) is 1. The maximum atomic E-state index is 15.7. The first-order valence-corrected chi connectivity index (χ1v) is 8.83. The van der Waals surface area contributed by atoms with E-state index in [4.69, 9.17) is 0 Å². The number of anilines is 1. The zero-order valence-electron chi connectivity index (χ0n) is 13.7. The van der Waals surface area contributed by atoms with Crippen LogP contribution >= 0.6 is 11.3 Å². The van der Waals surface area contributed by atoms with Crippen LogP contribution in [0.25, 0.3) is 11.1 Å². The molecule has 0 aliphatic carbocycles. The molecule has 4 rings (SSSR count). The van der Waals surface area contributed by atoms with Gasteiger partial charge in [-0.1, -0.05) is 42.5 Å². The van der Waals surface area contributed by atoms with Crippen LogP contribution in [0.1, 0.15) is 21.5 Å².